The largest absolute Gasteiger partial charge is 0.451 e. The van der Waals surface area contributed by atoms with Crippen molar-refractivity contribution >= 4 is 45.4 Å². The van der Waals surface area contributed by atoms with Crippen LogP contribution < -0.4 is 0 Å². The molecule has 1 atom stereocenters. The summed E-state index contributed by atoms with van der Waals surface area (Å²) in [7, 11) is 0. The summed E-state index contributed by atoms with van der Waals surface area (Å²) in [6, 6.07) is 7.67. The molecule has 0 amide bonds. The Balaban J connectivity index is 1.69. The smallest absolute Gasteiger partial charge is 0.192 e. The highest BCUT2D eigenvalue weighted by molar-refractivity contribution is 8.00. The van der Waals surface area contributed by atoms with Crippen molar-refractivity contribution in [3.8, 4) is 0 Å². The van der Waals surface area contributed by atoms with Gasteiger partial charge in [0.2, 0.25) is 0 Å². The summed E-state index contributed by atoms with van der Waals surface area (Å²) in [5.74, 6) is -0.133. The summed E-state index contributed by atoms with van der Waals surface area (Å²) in [5.41, 5.74) is 4.52. The molecule has 6 nitrogen and oxygen atoms in total. The van der Waals surface area contributed by atoms with Gasteiger partial charge in [0.15, 0.2) is 17.1 Å². The molecule has 3 aromatic heterocycles. The molecular weight excluding hydrogens is 374 g/mol. The lowest BCUT2D eigenvalue weighted by molar-refractivity contribution is 0.0988. The van der Waals surface area contributed by atoms with E-state index in [0.29, 0.717) is 33.1 Å². The summed E-state index contributed by atoms with van der Waals surface area (Å²) in [6.45, 7) is 6.94. The zero-order valence-corrected chi connectivity index (χ0v) is 16.8. The second kappa shape index (κ2) is 6.91. The van der Waals surface area contributed by atoms with Gasteiger partial charge in [0, 0.05) is 16.6 Å². The van der Waals surface area contributed by atoms with Crippen molar-refractivity contribution in [3.05, 3.63) is 53.1 Å². The maximum Gasteiger partial charge on any atom is 0.192 e. The second-order valence-corrected chi connectivity index (χ2v) is 8.09. The number of H-pyrrole nitrogens is 1. The number of Topliss-reactive ketones (excluding diaryl/α,β-unsaturated/α-hetero) is 2. The molecule has 0 radical (unpaired) electrons. The number of carbonyl (C=O) groups is 2. The van der Waals surface area contributed by atoms with E-state index in [1.54, 1.807) is 13.8 Å². The van der Waals surface area contributed by atoms with Crippen LogP contribution in [0.4, 0.5) is 0 Å². The minimum atomic E-state index is -0.414. The number of nitrogens with one attached hydrogen (secondary N) is 1. The minimum absolute atomic E-state index is 0.0506. The summed E-state index contributed by atoms with van der Waals surface area (Å²) in [5, 5.41) is 1.13. The molecule has 1 N–H and O–H groups in total. The Labute approximate surface area is 165 Å². The van der Waals surface area contributed by atoms with E-state index in [0.717, 1.165) is 16.5 Å². The Morgan fingerprint density at radius 3 is 2.64 bits per heavy atom. The highest BCUT2D eigenvalue weighted by Crippen LogP contribution is 2.35. The molecule has 0 saturated heterocycles. The van der Waals surface area contributed by atoms with Gasteiger partial charge in [-0.1, -0.05) is 23.9 Å². The van der Waals surface area contributed by atoms with Crippen molar-refractivity contribution in [2.24, 2.45) is 0 Å². The van der Waals surface area contributed by atoms with Crippen LogP contribution in [0.25, 0.3) is 22.1 Å². The van der Waals surface area contributed by atoms with E-state index in [2.05, 4.69) is 15.0 Å². The SMILES string of the molecule is CC(=O)c1c(C)[nH]c(C(=O)[C@H](C)Sc2ncnc3c2oc2ccccc23)c1C. The van der Waals surface area contributed by atoms with Crippen molar-refractivity contribution in [1.29, 1.82) is 0 Å². The number of hydrogen-bond donors (Lipinski definition) is 1. The molecule has 0 fully saturated rings. The lowest BCUT2D eigenvalue weighted by Crippen LogP contribution is -2.15. The van der Waals surface area contributed by atoms with Crippen LogP contribution in [-0.2, 0) is 0 Å². The van der Waals surface area contributed by atoms with Crippen LogP contribution in [0.2, 0.25) is 0 Å². The van der Waals surface area contributed by atoms with Crippen molar-refractivity contribution < 1.29 is 14.0 Å². The highest BCUT2D eigenvalue weighted by atomic mass is 32.2. The molecule has 1 aromatic carbocycles. The Hall–Kier alpha value is -2.93. The van der Waals surface area contributed by atoms with Crippen LogP contribution in [0.5, 0.6) is 0 Å². The van der Waals surface area contributed by atoms with E-state index in [9.17, 15) is 9.59 Å². The van der Waals surface area contributed by atoms with Crippen LogP contribution in [0.1, 0.15) is 46.0 Å². The molecule has 28 heavy (non-hydrogen) atoms. The molecule has 0 bridgehead atoms. The standard InChI is InChI=1S/C21H19N3O3S/c1-10-16(12(3)25)11(2)24-17(10)19(26)13(4)28-21-20-18(22-9-23-21)14-7-5-6-8-15(14)27-20/h5-9,13,24H,1-4H3/t13-/m0/s1. The van der Waals surface area contributed by atoms with Gasteiger partial charge in [-0.2, -0.15) is 0 Å². The monoisotopic (exact) mass is 393 g/mol. The average molecular weight is 393 g/mol. The third-order valence-electron chi connectivity index (χ3n) is 4.82. The number of ketones is 2. The van der Waals surface area contributed by atoms with Crippen molar-refractivity contribution in [2.45, 2.75) is 38.0 Å². The molecule has 3 heterocycles. The molecule has 4 rings (SSSR count). The first-order chi connectivity index (χ1) is 13.4. The van der Waals surface area contributed by atoms with E-state index in [1.165, 1.54) is 25.0 Å². The van der Waals surface area contributed by atoms with E-state index < -0.39 is 5.25 Å². The molecule has 4 aromatic rings. The van der Waals surface area contributed by atoms with Crippen molar-refractivity contribution in [2.75, 3.05) is 0 Å². The number of hydrogen-bond acceptors (Lipinski definition) is 6. The summed E-state index contributed by atoms with van der Waals surface area (Å²) in [6.07, 6.45) is 1.49. The molecule has 142 valence electrons. The van der Waals surface area contributed by atoms with E-state index >= 15 is 0 Å². The number of carbonyl (C=O) groups excluding carboxylic acids is 2. The molecule has 0 unspecified atom stereocenters. The molecular formula is C21H19N3O3S. The molecule has 0 aliphatic rings. The molecule has 0 spiro atoms. The first kappa shape index (κ1) is 18.4. The predicted octanol–water partition coefficient (Wildman–Crippen LogP) is 4.89. The number of aromatic nitrogens is 3. The van der Waals surface area contributed by atoms with Gasteiger partial charge in [-0.15, -0.1) is 0 Å². The van der Waals surface area contributed by atoms with Crippen LogP contribution in [-0.4, -0.2) is 31.8 Å². The Bertz CT molecular complexity index is 1240. The number of furan rings is 1. The zero-order valence-electron chi connectivity index (χ0n) is 16.0. The number of para-hydroxylation sites is 1. The fraction of sp³-hybridized carbons (Fsp3) is 0.238. The highest BCUT2D eigenvalue weighted by Gasteiger charge is 2.26. The van der Waals surface area contributed by atoms with Crippen molar-refractivity contribution in [3.63, 3.8) is 0 Å². The minimum Gasteiger partial charge on any atom is -0.451 e. The van der Waals surface area contributed by atoms with E-state index in [4.69, 9.17) is 4.42 Å². The van der Waals surface area contributed by atoms with Gasteiger partial charge in [0.05, 0.1) is 10.9 Å². The maximum atomic E-state index is 13.0. The molecule has 0 aliphatic carbocycles. The first-order valence-corrected chi connectivity index (χ1v) is 9.79. The average Bonchev–Trinajstić information content (AvgIpc) is 3.19. The van der Waals surface area contributed by atoms with Gasteiger partial charge >= 0.3 is 0 Å². The third kappa shape index (κ3) is 2.92. The van der Waals surface area contributed by atoms with Gasteiger partial charge in [-0.3, -0.25) is 9.59 Å². The molecule has 7 heteroatoms. The fourth-order valence-corrected chi connectivity index (χ4v) is 4.45. The number of fused-ring (bicyclic) bond motifs is 3. The van der Waals surface area contributed by atoms with Crippen LogP contribution in [0.3, 0.4) is 0 Å². The fourth-order valence-electron chi connectivity index (χ4n) is 3.54. The quantitative estimate of drug-likeness (QED) is 0.295. The van der Waals surface area contributed by atoms with Crippen molar-refractivity contribution in [1.82, 2.24) is 15.0 Å². The van der Waals surface area contributed by atoms with E-state index in [1.807, 2.05) is 31.2 Å². The van der Waals surface area contributed by atoms with Gasteiger partial charge in [-0.05, 0) is 45.4 Å². The van der Waals surface area contributed by atoms with E-state index in [-0.39, 0.29) is 11.6 Å². The van der Waals surface area contributed by atoms with Crippen LogP contribution >= 0.6 is 11.8 Å². The van der Waals surface area contributed by atoms with Gasteiger partial charge in [-0.25, -0.2) is 9.97 Å². The summed E-state index contributed by atoms with van der Waals surface area (Å²) < 4.78 is 5.94. The lowest BCUT2D eigenvalue weighted by atomic mass is 10.0. The van der Waals surface area contributed by atoms with Gasteiger partial charge in [0.1, 0.15) is 22.5 Å². The van der Waals surface area contributed by atoms with Gasteiger partial charge in [0.25, 0.3) is 0 Å². The Kier molecular flexibility index (Phi) is 4.55. The normalized spacial score (nSPS) is 12.6. The van der Waals surface area contributed by atoms with Crippen LogP contribution in [0.15, 0.2) is 40.0 Å². The van der Waals surface area contributed by atoms with Crippen LogP contribution in [0, 0.1) is 13.8 Å². The predicted molar refractivity (Wildman–Crippen MR) is 109 cm³/mol. The summed E-state index contributed by atoms with van der Waals surface area (Å²) >= 11 is 1.32. The van der Waals surface area contributed by atoms with Gasteiger partial charge < -0.3 is 9.40 Å². The third-order valence-corrected chi connectivity index (χ3v) is 5.90. The molecule has 0 aliphatic heterocycles. The number of aromatic amines is 1. The number of aryl methyl sites for hydroxylation is 1. The summed E-state index contributed by atoms with van der Waals surface area (Å²) in [4.78, 5) is 36.6. The maximum absolute atomic E-state index is 13.0. The number of nitrogens with zero attached hydrogens (tertiary/aromatic N) is 2. The number of benzene rings is 1. The Morgan fingerprint density at radius 2 is 1.93 bits per heavy atom. The zero-order chi connectivity index (χ0) is 20.0. The second-order valence-electron chi connectivity index (χ2n) is 6.76. The number of thioether (sulfide) groups is 1. The topological polar surface area (TPSA) is 88.9 Å². The molecule has 0 saturated carbocycles. The number of rotatable bonds is 5. The Morgan fingerprint density at radius 1 is 1.18 bits per heavy atom. The lowest BCUT2D eigenvalue weighted by Gasteiger charge is -2.09. The first-order valence-electron chi connectivity index (χ1n) is 8.91.